The van der Waals surface area contributed by atoms with E-state index in [1.54, 1.807) is 16.2 Å². The molecule has 0 aliphatic carbocycles. The molecule has 0 spiro atoms. The van der Waals surface area contributed by atoms with E-state index in [9.17, 15) is 9.59 Å². The molecule has 27 heavy (non-hydrogen) atoms. The van der Waals surface area contributed by atoms with Gasteiger partial charge >= 0.3 is 5.97 Å². The summed E-state index contributed by atoms with van der Waals surface area (Å²) in [7, 11) is 0. The van der Waals surface area contributed by atoms with Gasteiger partial charge in [-0.1, -0.05) is 13.8 Å². The molecule has 7 heteroatoms. The Balaban J connectivity index is 2.37. The molecular weight excluding hydrogens is 346 g/mol. The van der Waals surface area contributed by atoms with Gasteiger partial charge < -0.3 is 14.4 Å². The van der Waals surface area contributed by atoms with Crippen LogP contribution in [0, 0.1) is 0 Å². The van der Waals surface area contributed by atoms with Crippen LogP contribution < -0.4 is 4.74 Å². The summed E-state index contributed by atoms with van der Waals surface area (Å²) >= 11 is 0. The lowest BCUT2D eigenvalue weighted by Gasteiger charge is -2.22. The molecule has 0 aliphatic heterocycles. The van der Waals surface area contributed by atoms with Gasteiger partial charge in [-0.25, -0.2) is 4.98 Å². The molecule has 2 aromatic heterocycles. The molecule has 0 saturated heterocycles. The number of aromatic nitrogens is 2. The third-order valence-corrected chi connectivity index (χ3v) is 4.20. The van der Waals surface area contributed by atoms with Crippen LogP contribution in [0.3, 0.4) is 0 Å². The lowest BCUT2D eigenvalue weighted by atomic mass is 10.2. The van der Waals surface area contributed by atoms with Gasteiger partial charge in [-0.3, -0.25) is 14.0 Å². The molecule has 0 atom stereocenters. The van der Waals surface area contributed by atoms with Crippen LogP contribution in [-0.4, -0.2) is 52.5 Å². The van der Waals surface area contributed by atoms with Crippen LogP contribution in [0.4, 0.5) is 0 Å². The standard InChI is InChI=1S/C20H29N3O4/c1-5-12-22(14-11-17(24)27-8-4)20(25)18-15(6-2)21-19-16(26-7-3)10-9-13-23(18)19/h9-10,13H,5-8,11-12,14H2,1-4H3. The quantitative estimate of drug-likeness (QED) is 0.597. The normalized spacial score (nSPS) is 10.8. The van der Waals surface area contributed by atoms with Gasteiger partial charge in [0.05, 0.1) is 25.3 Å². The number of carbonyl (C=O) groups is 2. The smallest absolute Gasteiger partial charge is 0.307 e. The second-order valence-corrected chi connectivity index (χ2v) is 6.11. The van der Waals surface area contributed by atoms with E-state index in [-0.39, 0.29) is 18.3 Å². The highest BCUT2D eigenvalue weighted by atomic mass is 16.5. The van der Waals surface area contributed by atoms with Gasteiger partial charge in [0.25, 0.3) is 5.91 Å². The Kier molecular flexibility index (Phi) is 7.64. The summed E-state index contributed by atoms with van der Waals surface area (Å²) in [6, 6.07) is 3.70. The van der Waals surface area contributed by atoms with Gasteiger partial charge in [0.1, 0.15) is 5.69 Å². The van der Waals surface area contributed by atoms with Crippen LogP contribution in [0.25, 0.3) is 5.65 Å². The average Bonchev–Trinajstić information content (AvgIpc) is 3.04. The van der Waals surface area contributed by atoms with Crippen molar-refractivity contribution in [3.8, 4) is 5.75 Å². The van der Waals surface area contributed by atoms with E-state index in [1.165, 1.54) is 0 Å². The Bertz CT molecular complexity index is 785. The molecule has 2 aromatic rings. The Morgan fingerprint density at radius 1 is 1.15 bits per heavy atom. The molecule has 7 nitrogen and oxygen atoms in total. The number of rotatable bonds is 10. The van der Waals surface area contributed by atoms with Gasteiger partial charge in [0.15, 0.2) is 11.4 Å². The summed E-state index contributed by atoms with van der Waals surface area (Å²) in [4.78, 5) is 31.4. The van der Waals surface area contributed by atoms with E-state index in [0.717, 1.165) is 12.1 Å². The molecule has 0 aromatic carbocycles. The predicted octanol–water partition coefficient (Wildman–Crippen LogP) is 3.10. The third-order valence-electron chi connectivity index (χ3n) is 4.20. The van der Waals surface area contributed by atoms with E-state index in [2.05, 4.69) is 4.98 Å². The Labute approximate surface area is 160 Å². The number of hydrogen-bond acceptors (Lipinski definition) is 5. The fourth-order valence-electron chi connectivity index (χ4n) is 3.02. The highest BCUT2D eigenvalue weighted by Crippen LogP contribution is 2.24. The highest BCUT2D eigenvalue weighted by molar-refractivity contribution is 5.95. The number of hydrogen-bond donors (Lipinski definition) is 0. The highest BCUT2D eigenvalue weighted by Gasteiger charge is 2.25. The molecule has 0 aliphatic rings. The van der Waals surface area contributed by atoms with Crippen molar-refractivity contribution in [2.45, 2.75) is 47.0 Å². The largest absolute Gasteiger partial charge is 0.490 e. The number of carbonyl (C=O) groups excluding carboxylic acids is 2. The summed E-state index contributed by atoms with van der Waals surface area (Å²) < 4.78 is 12.4. The summed E-state index contributed by atoms with van der Waals surface area (Å²) in [5.74, 6) is 0.236. The second-order valence-electron chi connectivity index (χ2n) is 6.11. The van der Waals surface area contributed by atoms with Gasteiger partial charge in [-0.2, -0.15) is 0 Å². The minimum absolute atomic E-state index is 0.126. The molecule has 1 amide bonds. The Hall–Kier alpha value is -2.57. The van der Waals surface area contributed by atoms with Gasteiger partial charge in [-0.05, 0) is 38.8 Å². The van der Waals surface area contributed by atoms with Gasteiger partial charge in [-0.15, -0.1) is 0 Å². The Morgan fingerprint density at radius 2 is 1.93 bits per heavy atom. The van der Waals surface area contributed by atoms with E-state index in [4.69, 9.17) is 9.47 Å². The van der Waals surface area contributed by atoms with Crippen molar-refractivity contribution in [2.24, 2.45) is 0 Å². The number of amides is 1. The molecular formula is C20H29N3O4. The molecule has 0 saturated carbocycles. The minimum atomic E-state index is -0.293. The Morgan fingerprint density at radius 3 is 2.56 bits per heavy atom. The number of aryl methyl sites for hydroxylation is 1. The monoisotopic (exact) mass is 375 g/mol. The molecule has 2 heterocycles. The van der Waals surface area contributed by atoms with Crippen molar-refractivity contribution < 1.29 is 19.1 Å². The van der Waals surface area contributed by atoms with Gasteiger partial charge in [0.2, 0.25) is 0 Å². The first kappa shape index (κ1) is 20.7. The maximum absolute atomic E-state index is 13.3. The zero-order valence-corrected chi connectivity index (χ0v) is 16.7. The zero-order chi connectivity index (χ0) is 19.8. The van der Waals surface area contributed by atoms with E-state index in [1.807, 2.05) is 39.1 Å². The fraction of sp³-hybridized carbons (Fsp3) is 0.550. The SMILES string of the molecule is CCCN(CCC(=O)OCC)C(=O)c1c(CC)nc2c(OCC)cccn12. The lowest BCUT2D eigenvalue weighted by molar-refractivity contribution is -0.143. The van der Waals surface area contributed by atoms with Crippen LogP contribution in [0.5, 0.6) is 5.75 Å². The molecule has 0 radical (unpaired) electrons. The van der Waals surface area contributed by atoms with Gasteiger partial charge in [0, 0.05) is 19.3 Å². The van der Waals surface area contributed by atoms with Crippen molar-refractivity contribution in [1.82, 2.24) is 14.3 Å². The molecule has 2 rings (SSSR count). The van der Waals surface area contributed by atoms with Crippen molar-refractivity contribution >= 4 is 17.5 Å². The van der Waals surface area contributed by atoms with Crippen molar-refractivity contribution in [3.05, 3.63) is 29.7 Å². The molecule has 0 bridgehead atoms. The number of pyridine rings is 1. The first-order valence-corrected chi connectivity index (χ1v) is 9.64. The first-order chi connectivity index (χ1) is 13.1. The fourth-order valence-corrected chi connectivity index (χ4v) is 3.02. The van der Waals surface area contributed by atoms with Crippen molar-refractivity contribution in [3.63, 3.8) is 0 Å². The van der Waals surface area contributed by atoms with Crippen LogP contribution in [0.1, 0.15) is 56.7 Å². The van der Waals surface area contributed by atoms with E-state index in [0.29, 0.717) is 49.8 Å². The second kappa shape index (κ2) is 9.94. The number of fused-ring (bicyclic) bond motifs is 1. The third kappa shape index (κ3) is 4.78. The lowest BCUT2D eigenvalue weighted by Crippen LogP contribution is -2.35. The molecule has 0 unspecified atom stereocenters. The topological polar surface area (TPSA) is 73.1 Å². The van der Waals surface area contributed by atoms with Crippen molar-refractivity contribution in [1.29, 1.82) is 0 Å². The number of imidazole rings is 1. The van der Waals surface area contributed by atoms with Crippen LogP contribution >= 0.6 is 0 Å². The number of esters is 1. The predicted molar refractivity (Wildman–Crippen MR) is 103 cm³/mol. The summed E-state index contributed by atoms with van der Waals surface area (Å²) in [5.41, 5.74) is 1.90. The summed E-state index contributed by atoms with van der Waals surface area (Å²) in [5, 5.41) is 0. The first-order valence-electron chi connectivity index (χ1n) is 9.64. The molecule has 0 N–H and O–H groups in total. The van der Waals surface area contributed by atoms with E-state index < -0.39 is 0 Å². The molecule has 0 fully saturated rings. The van der Waals surface area contributed by atoms with Crippen molar-refractivity contribution in [2.75, 3.05) is 26.3 Å². The average molecular weight is 375 g/mol. The maximum Gasteiger partial charge on any atom is 0.307 e. The zero-order valence-electron chi connectivity index (χ0n) is 16.7. The summed E-state index contributed by atoms with van der Waals surface area (Å²) in [6.45, 7) is 9.43. The number of nitrogens with zero attached hydrogens (tertiary/aromatic N) is 3. The van der Waals surface area contributed by atoms with Crippen LogP contribution in [-0.2, 0) is 16.0 Å². The maximum atomic E-state index is 13.3. The summed E-state index contributed by atoms with van der Waals surface area (Å²) in [6.07, 6.45) is 3.44. The van der Waals surface area contributed by atoms with Crippen LogP contribution in [0.2, 0.25) is 0 Å². The molecule has 148 valence electrons. The van der Waals surface area contributed by atoms with Crippen LogP contribution in [0.15, 0.2) is 18.3 Å². The number of ether oxygens (including phenoxy) is 2. The van der Waals surface area contributed by atoms with E-state index >= 15 is 0 Å². The minimum Gasteiger partial charge on any atom is -0.490 e.